The minimum atomic E-state index is -0.0617. The first kappa shape index (κ1) is 16.6. The number of benzene rings is 2. The number of aryl methyl sites for hydroxylation is 1. The second-order valence-electron chi connectivity index (χ2n) is 6.86. The Kier molecular flexibility index (Phi) is 4.57. The van der Waals surface area contributed by atoms with Crippen LogP contribution in [0.3, 0.4) is 0 Å². The Morgan fingerprint density at radius 3 is 2.62 bits per heavy atom. The fourth-order valence-corrected chi connectivity index (χ4v) is 3.52. The van der Waals surface area contributed by atoms with E-state index >= 15 is 0 Å². The van der Waals surface area contributed by atoms with Crippen molar-refractivity contribution in [3.05, 3.63) is 71.3 Å². The molecule has 1 aliphatic heterocycles. The predicted octanol–water partition coefficient (Wildman–Crippen LogP) is 4.07. The van der Waals surface area contributed by atoms with Crippen LogP contribution in [0, 0.1) is 6.92 Å². The molecular weight excluding hydrogens is 322 g/mol. The number of pyridine rings is 1. The number of aromatic nitrogens is 1. The Hall–Kier alpha value is -2.88. The second-order valence-corrected chi connectivity index (χ2v) is 6.86. The number of anilines is 1. The number of fused-ring (bicyclic) bond motifs is 1. The molecule has 26 heavy (non-hydrogen) atoms. The number of nitrogens with zero attached hydrogens (tertiary/aromatic N) is 2. The fourth-order valence-electron chi connectivity index (χ4n) is 3.52. The van der Waals surface area contributed by atoms with E-state index in [0.717, 1.165) is 48.2 Å². The third-order valence-electron chi connectivity index (χ3n) is 5.05. The van der Waals surface area contributed by atoms with Gasteiger partial charge < -0.3 is 10.2 Å². The van der Waals surface area contributed by atoms with Gasteiger partial charge in [-0.05, 0) is 43.0 Å². The van der Waals surface area contributed by atoms with Gasteiger partial charge >= 0.3 is 0 Å². The fraction of sp³-hybridized carbons (Fsp3) is 0.273. The van der Waals surface area contributed by atoms with Gasteiger partial charge in [0.2, 0.25) is 0 Å². The van der Waals surface area contributed by atoms with Crippen LogP contribution in [-0.4, -0.2) is 24.0 Å². The second kappa shape index (κ2) is 7.16. The smallest absolute Gasteiger partial charge is 0.255 e. The Bertz CT molecular complexity index is 945. The number of carbonyl (C=O) groups is 1. The molecule has 1 aromatic heterocycles. The molecule has 0 aliphatic carbocycles. The topological polar surface area (TPSA) is 45.2 Å². The summed E-state index contributed by atoms with van der Waals surface area (Å²) in [5, 5.41) is 4.08. The molecule has 0 saturated carbocycles. The van der Waals surface area contributed by atoms with Crippen LogP contribution in [0.25, 0.3) is 10.9 Å². The summed E-state index contributed by atoms with van der Waals surface area (Å²) in [6.07, 6.45) is 2.30. The van der Waals surface area contributed by atoms with Crippen molar-refractivity contribution in [2.75, 3.05) is 18.0 Å². The van der Waals surface area contributed by atoms with E-state index in [-0.39, 0.29) is 5.91 Å². The van der Waals surface area contributed by atoms with Gasteiger partial charge in [0.1, 0.15) is 5.82 Å². The molecule has 0 bridgehead atoms. The standard InChI is InChI=1S/C22H23N3O/c1-16-8-2-3-10-18(16)15-23-22(26)19-14-17-9-4-5-11-20(17)24-21(19)25-12-6-7-13-25/h2-5,8-11,14H,6-7,12-13,15H2,1H3,(H,23,26). The third-order valence-corrected chi connectivity index (χ3v) is 5.05. The van der Waals surface area contributed by atoms with E-state index in [4.69, 9.17) is 4.98 Å². The first-order valence-electron chi connectivity index (χ1n) is 9.20. The summed E-state index contributed by atoms with van der Waals surface area (Å²) in [7, 11) is 0. The van der Waals surface area contributed by atoms with Crippen molar-refractivity contribution in [3.8, 4) is 0 Å². The highest BCUT2D eigenvalue weighted by Gasteiger charge is 2.22. The van der Waals surface area contributed by atoms with E-state index in [1.54, 1.807) is 0 Å². The van der Waals surface area contributed by atoms with Gasteiger partial charge in [-0.15, -0.1) is 0 Å². The molecule has 4 rings (SSSR count). The van der Waals surface area contributed by atoms with Crippen molar-refractivity contribution in [3.63, 3.8) is 0 Å². The van der Waals surface area contributed by atoms with E-state index in [9.17, 15) is 4.79 Å². The highest BCUT2D eigenvalue weighted by molar-refractivity contribution is 6.02. The van der Waals surface area contributed by atoms with Crippen LogP contribution in [0.4, 0.5) is 5.82 Å². The summed E-state index contributed by atoms with van der Waals surface area (Å²) >= 11 is 0. The van der Waals surface area contributed by atoms with Crippen LogP contribution in [0.1, 0.15) is 34.3 Å². The molecule has 1 saturated heterocycles. The molecule has 2 heterocycles. The molecule has 0 atom stereocenters. The van der Waals surface area contributed by atoms with E-state index in [1.807, 2.05) is 42.5 Å². The van der Waals surface area contributed by atoms with Crippen molar-refractivity contribution in [1.82, 2.24) is 10.3 Å². The quantitative estimate of drug-likeness (QED) is 0.775. The van der Waals surface area contributed by atoms with Crippen molar-refractivity contribution in [2.24, 2.45) is 0 Å². The Morgan fingerprint density at radius 2 is 1.81 bits per heavy atom. The maximum absolute atomic E-state index is 13.0. The SMILES string of the molecule is Cc1ccccc1CNC(=O)c1cc2ccccc2nc1N1CCCC1. The van der Waals surface area contributed by atoms with Crippen molar-refractivity contribution < 1.29 is 4.79 Å². The van der Waals surface area contributed by atoms with Gasteiger partial charge in [-0.3, -0.25) is 4.79 Å². The zero-order valence-corrected chi connectivity index (χ0v) is 15.0. The summed E-state index contributed by atoms with van der Waals surface area (Å²) in [5.41, 5.74) is 3.92. The lowest BCUT2D eigenvalue weighted by Gasteiger charge is -2.20. The molecule has 1 aliphatic rings. The van der Waals surface area contributed by atoms with Gasteiger partial charge in [0.05, 0.1) is 11.1 Å². The van der Waals surface area contributed by atoms with Gasteiger partial charge in [0.25, 0.3) is 5.91 Å². The highest BCUT2D eigenvalue weighted by atomic mass is 16.1. The number of amides is 1. The summed E-state index contributed by atoms with van der Waals surface area (Å²) in [6.45, 7) is 4.51. The number of para-hydroxylation sites is 1. The molecule has 0 radical (unpaired) electrons. The molecule has 132 valence electrons. The van der Waals surface area contributed by atoms with E-state index in [1.165, 1.54) is 5.56 Å². The van der Waals surface area contributed by atoms with E-state index < -0.39 is 0 Å². The molecule has 1 N–H and O–H groups in total. The zero-order chi connectivity index (χ0) is 17.9. The van der Waals surface area contributed by atoms with Crippen LogP contribution in [0.15, 0.2) is 54.6 Å². The largest absolute Gasteiger partial charge is 0.356 e. The van der Waals surface area contributed by atoms with Crippen LogP contribution in [0.5, 0.6) is 0 Å². The van der Waals surface area contributed by atoms with Crippen molar-refractivity contribution in [1.29, 1.82) is 0 Å². The first-order valence-corrected chi connectivity index (χ1v) is 9.20. The van der Waals surface area contributed by atoms with E-state index in [2.05, 4.69) is 29.3 Å². The summed E-state index contributed by atoms with van der Waals surface area (Å²) < 4.78 is 0. The van der Waals surface area contributed by atoms with Gasteiger partial charge in [-0.2, -0.15) is 0 Å². The lowest BCUT2D eigenvalue weighted by molar-refractivity contribution is 0.0951. The van der Waals surface area contributed by atoms with E-state index in [0.29, 0.717) is 12.1 Å². The normalized spacial score (nSPS) is 14.0. The maximum Gasteiger partial charge on any atom is 0.255 e. The number of hydrogen-bond acceptors (Lipinski definition) is 3. The van der Waals surface area contributed by atoms with Gasteiger partial charge in [-0.1, -0.05) is 42.5 Å². The monoisotopic (exact) mass is 345 g/mol. The van der Waals surface area contributed by atoms with Crippen LogP contribution < -0.4 is 10.2 Å². The molecule has 4 nitrogen and oxygen atoms in total. The highest BCUT2D eigenvalue weighted by Crippen LogP contribution is 2.26. The molecule has 3 aromatic rings. The van der Waals surface area contributed by atoms with Crippen LogP contribution >= 0.6 is 0 Å². The molecule has 0 unspecified atom stereocenters. The number of nitrogens with one attached hydrogen (secondary N) is 1. The molecule has 0 spiro atoms. The Morgan fingerprint density at radius 1 is 1.08 bits per heavy atom. The van der Waals surface area contributed by atoms with Gasteiger partial charge in [0.15, 0.2) is 0 Å². The zero-order valence-electron chi connectivity index (χ0n) is 15.0. The molecule has 2 aromatic carbocycles. The first-order chi connectivity index (χ1) is 12.7. The number of carbonyl (C=O) groups excluding carboxylic acids is 1. The average molecular weight is 345 g/mol. The maximum atomic E-state index is 13.0. The molecule has 4 heteroatoms. The number of hydrogen-bond donors (Lipinski definition) is 1. The van der Waals surface area contributed by atoms with Gasteiger partial charge in [0, 0.05) is 25.0 Å². The number of rotatable bonds is 4. The summed E-state index contributed by atoms with van der Waals surface area (Å²) in [4.78, 5) is 20.0. The van der Waals surface area contributed by atoms with Crippen molar-refractivity contribution >= 4 is 22.6 Å². The molecular formula is C22H23N3O. The van der Waals surface area contributed by atoms with Crippen LogP contribution in [0.2, 0.25) is 0 Å². The lowest BCUT2D eigenvalue weighted by atomic mass is 10.1. The van der Waals surface area contributed by atoms with Crippen molar-refractivity contribution in [2.45, 2.75) is 26.3 Å². The summed E-state index contributed by atoms with van der Waals surface area (Å²) in [5.74, 6) is 0.747. The summed E-state index contributed by atoms with van der Waals surface area (Å²) in [6, 6.07) is 18.1. The lowest BCUT2D eigenvalue weighted by Crippen LogP contribution is -2.28. The minimum Gasteiger partial charge on any atom is -0.356 e. The minimum absolute atomic E-state index is 0.0617. The Balaban J connectivity index is 1.66. The Labute approximate surface area is 153 Å². The van der Waals surface area contributed by atoms with Gasteiger partial charge in [-0.25, -0.2) is 4.98 Å². The molecule has 1 amide bonds. The van der Waals surface area contributed by atoms with Crippen LogP contribution in [-0.2, 0) is 6.54 Å². The third kappa shape index (κ3) is 3.27. The average Bonchev–Trinajstić information content (AvgIpc) is 3.21. The predicted molar refractivity (Wildman–Crippen MR) is 106 cm³/mol. The molecule has 1 fully saturated rings.